The lowest BCUT2D eigenvalue weighted by Gasteiger charge is -2.32. The molecule has 1 aromatic heterocycles. The summed E-state index contributed by atoms with van der Waals surface area (Å²) in [6.07, 6.45) is 3.34. The number of amides is 2. The first-order chi connectivity index (χ1) is 24.7. The highest BCUT2D eigenvalue weighted by atomic mass is 35.5. The van der Waals surface area contributed by atoms with Crippen molar-refractivity contribution in [3.63, 3.8) is 0 Å². The molecule has 51 heavy (non-hydrogen) atoms. The molecule has 1 N–H and O–H groups in total. The number of aliphatic imine (C=N–C) groups is 1. The molecule has 7 rings (SSSR count). The summed E-state index contributed by atoms with van der Waals surface area (Å²) in [6.45, 7) is 3.83. The van der Waals surface area contributed by atoms with Crippen LogP contribution in [0.4, 0.5) is 0 Å². The largest absolute Gasteiger partial charge is 0.612 e. The molecule has 0 bridgehead atoms. The summed E-state index contributed by atoms with van der Waals surface area (Å²) in [7, 11) is 0. The van der Waals surface area contributed by atoms with Gasteiger partial charge in [0.15, 0.2) is 17.3 Å². The normalized spacial score (nSPS) is 14.9. The van der Waals surface area contributed by atoms with E-state index in [1.807, 2.05) is 71.0 Å². The average Bonchev–Trinajstić information content (AvgIpc) is 3.44. The van der Waals surface area contributed by atoms with E-state index >= 15 is 0 Å². The zero-order valence-electron chi connectivity index (χ0n) is 28.3. The van der Waals surface area contributed by atoms with Gasteiger partial charge in [-0.2, -0.15) is 0 Å². The third kappa shape index (κ3) is 7.70. The van der Waals surface area contributed by atoms with E-state index < -0.39 is 11.2 Å². The number of halogens is 1. The van der Waals surface area contributed by atoms with Gasteiger partial charge in [0, 0.05) is 41.3 Å². The third-order valence-electron chi connectivity index (χ3n) is 9.35. The summed E-state index contributed by atoms with van der Waals surface area (Å²) in [5.41, 5.74) is 6.23. The van der Waals surface area contributed by atoms with E-state index in [0.29, 0.717) is 53.3 Å². The highest BCUT2D eigenvalue weighted by Crippen LogP contribution is 2.31. The number of fused-ring (bicyclic) bond motifs is 3. The number of likely N-dealkylation sites (tertiary alicyclic amines) is 1. The molecule has 0 radical (unpaired) electrons. The van der Waals surface area contributed by atoms with Crippen LogP contribution in [0.1, 0.15) is 63.0 Å². The molecule has 1 fully saturated rings. The monoisotopic (exact) mass is 720 g/mol. The first-order valence-corrected chi connectivity index (χ1v) is 18.7. The van der Waals surface area contributed by atoms with Crippen molar-refractivity contribution in [1.29, 1.82) is 0 Å². The predicted octanol–water partition coefficient (Wildman–Crippen LogP) is 6.03. The summed E-state index contributed by atoms with van der Waals surface area (Å²) in [4.78, 5) is 33.5. The van der Waals surface area contributed by atoms with E-state index in [-0.39, 0.29) is 18.4 Å². The number of piperidine rings is 1. The Morgan fingerprint density at radius 2 is 1.75 bits per heavy atom. The van der Waals surface area contributed by atoms with Crippen molar-refractivity contribution in [3.05, 3.63) is 135 Å². The molecule has 1 saturated heterocycles. The van der Waals surface area contributed by atoms with Crippen LogP contribution in [0.3, 0.4) is 0 Å². The molecule has 3 heterocycles. The van der Waals surface area contributed by atoms with Crippen LogP contribution in [0.5, 0.6) is 5.75 Å². The molecule has 1 unspecified atom stereocenters. The van der Waals surface area contributed by atoms with Crippen molar-refractivity contribution in [2.45, 2.75) is 43.7 Å². The zero-order chi connectivity index (χ0) is 35.5. The molecule has 12 heteroatoms. The number of rotatable bonds is 9. The molecular weight excluding hydrogens is 684 g/mol. The Bertz CT molecular complexity index is 2090. The van der Waals surface area contributed by atoms with Crippen molar-refractivity contribution in [2.24, 2.45) is 4.99 Å². The Hall–Kier alpha value is -4.97. The maximum absolute atomic E-state index is 13.1. The quantitative estimate of drug-likeness (QED) is 0.186. The third-order valence-corrected chi connectivity index (χ3v) is 10.5. The van der Waals surface area contributed by atoms with Crippen LogP contribution in [0.15, 0.2) is 101 Å². The van der Waals surface area contributed by atoms with E-state index in [0.717, 1.165) is 52.6 Å². The van der Waals surface area contributed by atoms with Crippen LogP contribution in [-0.2, 0) is 29.1 Å². The molecule has 2 aliphatic rings. The summed E-state index contributed by atoms with van der Waals surface area (Å²) in [6, 6.07) is 28.5. The van der Waals surface area contributed by atoms with Crippen molar-refractivity contribution >= 4 is 40.3 Å². The highest BCUT2D eigenvalue weighted by molar-refractivity contribution is 7.90. The number of hydrogen-bond acceptors (Lipinski definition) is 7. The molecule has 0 spiro atoms. The van der Waals surface area contributed by atoms with E-state index in [1.165, 1.54) is 5.56 Å². The van der Waals surface area contributed by atoms with Gasteiger partial charge < -0.3 is 19.5 Å². The van der Waals surface area contributed by atoms with Gasteiger partial charge in [-0.15, -0.1) is 10.2 Å². The number of ether oxygens (including phenoxy) is 1. The van der Waals surface area contributed by atoms with Gasteiger partial charge in [-0.05, 0) is 103 Å². The fourth-order valence-corrected chi connectivity index (χ4v) is 7.29. The topological polar surface area (TPSA) is 125 Å². The second-order valence-electron chi connectivity index (χ2n) is 12.7. The minimum Gasteiger partial charge on any atom is -0.612 e. The Kier molecular flexibility index (Phi) is 10.2. The first-order valence-electron chi connectivity index (χ1n) is 16.8. The summed E-state index contributed by atoms with van der Waals surface area (Å²) in [5.74, 6) is 2.13. The minimum absolute atomic E-state index is 0.00122. The molecule has 2 aliphatic heterocycles. The van der Waals surface area contributed by atoms with Gasteiger partial charge in [0.2, 0.25) is 0 Å². The molecule has 10 nitrogen and oxygen atoms in total. The van der Waals surface area contributed by atoms with Gasteiger partial charge in [-0.1, -0.05) is 48.0 Å². The summed E-state index contributed by atoms with van der Waals surface area (Å²) in [5, 5.41) is 12.2. The van der Waals surface area contributed by atoms with E-state index in [4.69, 9.17) is 21.3 Å². The molecular formula is C39H37ClN6O4S. The van der Waals surface area contributed by atoms with Gasteiger partial charge >= 0.3 is 0 Å². The lowest BCUT2D eigenvalue weighted by atomic mass is 9.88. The number of aromatic nitrogens is 3. The SMILES string of the molecule is Cc1nnc2n1-c1ccc(OCC(=O)NCc3cccc(C4CCN(C(=O)c5ccc([S+](C)[O-])cc5)CC4)c3)cc1C(c1ccc(Cl)cc1)=NC2. The van der Waals surface area contributed by atoms with Crippen LogP contribution in [-0.4, -0.2) is 67.7 Å². The van der Waals surface area contributed by atoms with Crippen LogP contribution >= 0.6 is 11.6 Å². The Labute approximate surface area is 304 Å². The van der Waals surface area contributed by atoms with Gasteiger partial charge in [0.25, 0.3) is 11.8 Å². The maximum atomic E-state index is 13.1. The number of benzene rings is 4. The second kappa shape index (κ2) is 15.1. The number of aryl methyl sites for hydroxylation is 1. The van der Waals surface area contributed by atoms with E-state index in [9.17, 15) is 14.1 Å². The van der Waals surface area contributed by atoms with E-state index in [2.05, 4.69) is 27.6 Å². The van der Waals surface area contributed by atoms with Gasteiger partial charge in [0.1, 0.15) is 24.4 Å². The van der Waals surface area contributed by atoms with Crippen LogP contribution in [0, 0.1) is 6.92 Å². The highest BCUT2D eigenvalue weighted by Gasteiger charge is 2.26. The van der Waals surface area contributed by atoms with Crippen molar-refractivity contribution in [3.8, 4) is 11.4 Å². The van der Waals surface area contributed by atoms with Crippen molar-refractivity contribution in [1.82, 2.24) is 25.0 Å². The molecule has 2 amide bonds. The lowest BCUT2D eigenvalue weighted by Crippen LogP contribution is -2.38. The van der Waals surface area contributed by atoms with Gasteiger partial charge in [-0.25, -0.2) is 0 Å². The van der Waals surface area contributed by atoms with Crippen molar-refractivity contribution < 1.29 is 18.9 Å². The predicted molar refractivity (Wildman–Crippen MR) is 197 cm³/mol. The summed E-state index contributed by atoms with van der Waals surface area (Å²) >= 11 is 5.09. The van der Waals surface area contributed by atoms with Gasteiger partial charge in [0.05, 0.1) is 11.4 Å². The molecule has 5 aromatic rings. The molecule has 260 valence electrons. The van der Waals surface area contributed by atoms with E-state index in [1.54, 1.807) is 30.5 Å². The number of carbonyl (C=O) groups excluding carboxylic acids is 2. The maximum Gasteiger partial charge on any atom is 0.258 e. The zero-order valence-corrected chi connectivity index (χ0v) is 29.9. The Balaban J connectivity index is 0.953. The lowest BCUT2D eigenvalue weighted by molar-refractivity contribution is -0.123. The fourth-order valence-electron chi connectivity index (χ4n) is 6.65. The standard InChI is InChI=1S/C39H37ClN6O4S/c1-25-43-44-36-23-42-38(28-6-10-31(40)11-7-28)34-21-32(12-15-35(34)46(25)36)50-24-37(47)41-22-26-4-3-5-30(20-26)27-16-18-45(19-17-27)39(48)29-8-13-33(14-9-29)51(2)49/h3-15,20-21,27H,16-19,22-24H2,1-2H3,(H,41,47). The molecule has 0 saturated carbocycles. The van der Waals surface area contributed by atoms with Crippen molar-refractivity contribution in [2.75, 3.05) is 26.0 Å². The van der Waals surface area contributed by atoms with Crippen LogP contribution in [0.25, 0.3) is 5.69 Å². The molecule has 0 aliphatic carbocycles. The minimum atomic E-state index is -1.08. The number of nitrogens with zero attached hydrogens (tertiary/aromatic N) is 5. The Morgan fingerprint density at radius 3 is 2.49 bits per heavy atom. The fraction of sp³-hybridized carbons (Fsp3) is 0.256. The molecule has 4 aromatic carbocycles. The number of hydrogen-bond donors (Lipinski definition) is 1. The van der Waals surface area contributed by atoms with Crippen LogP contribution in [0.2, 0.25) is 5.02 Å². The molecule has 1 atom stereocenters. The second-order valence-corrected chi connectivity index (χ2v) is 14.5. The summed E-state index contributed by atoms with van der Waals surface area (Å²) < 4.78 is 19.7. The number of nitrogens with one attached hydrogen (secondary N) is 1. The smallest absolute Gasteiger partial charge is 0.258 e. The number of carbonyl (C=O) groups is 2. The average molecular weight is 721 g/mol. The van der Waals surface area contributed by atoms with Gasteiger partial charge in [-0.3, -0.25) is 19.1 Å². The van der Waals surface area contributed by atoms with Crippen LogP contribution < -0.4 is 10.1 Å². The Morgan fingerprint density at radius 1 is 0.980 bits per heavy atom. The first kappa shape index (κ1) is 34.5.